The predicted molar refractivity (Wildman–Crippen MR) is 131 cm³/mol. The van der Waals surface area contributed by atoms with Gasteiger partial charge in [-0.25, -0.2) is 0 Å². The van der Waals surface area contributed by atoms with Crippen LogP contribution in [0.5, 0.6) is 0 Å². The number of aldehydes is 1. The lowest BCUT2D eigenvalue weighted by molar-refractivity contribution is -0.107. The molecule has 1 amide bonds. The lowest BCUT2D eigenvalue weighted by atomic mass is 10.0. The van der Waals surface area contributed by atoms with Crippen molar-refractivity contribution in [2.45, 2.75) is 45.1 Å². The molecule has 33 heavy (non-hydrogen) atoms. The topological polar surface area (TPSA) is 64.0 Å². The zero-order chi connectivity index (χ0) is 22.8. The van der Waals surface area contributed by atoms with Gasteiger partial charge >= 0.3 is 0 Å². The SMILES string of the molecule is CCc1nn(Cc2ccc(NC(=O)c3cccc4ccccc34)cc2)c(C2CC2)c1CC=O. The summed E-state index contributed by atoms with van der Waals surface area (Å²) in [5.74, 6) is 0.403. The molecular formula is C28H27N3O2. The minimum atomic E-state index is -0.117. The first-order valence-corrected chi connectivity index (χ1v) is 11.6. The van der Waals surface area contributed by atoms with Gasteiger partial charge in [0.2, 0.25) is 0 Å². The molecule has 5 rings (SSSR count). The Morgan fingerprint density at radius 2 is 1.82 bits per heavy atom. The van der Waals surface area contributed by atoms with E-state index in [0.717, 1.165) is 46.0 Å². The van der Waals surface area contributed by atoms with Gasteiger partial charge in [-0.15, -0.1) is 0 Å². The molecule has 0 bridgehead atoms. The van der Waals surface area contributed by atoms with Gasteiger partial charge < -0.3 is 10.1 Å². The first-order chi connectivity index (χ1) is 16.2. The van der Waals surface area contributed by atoms with Crippen LogP contribution in [-0.4, -0.2) is 22.0 Å². The van der Waals surface area contributed by atoms with Gasteiger partial charge in [0.05, 0.1) is 12.2 Å². The Bertz CT molecular complexity index is 1310. The van der Waals surface area contributed by atoms with Crippen molar-refractivity contribution in [1.82, 2.24) is 9.78 Å². The monoisotopic (exact) mass is 437 g/mol. The van der Waals surface area contributed by atoms with Crippen LogP contribution in [0.2, 0.25) is 0 Å². The lowest BCUT2D eigenvalue weighted by Gasteiger charge is -2.11. The van der Waals surface area contributed by atoms with E-state index in [1.165, 1.54) is 18.5 Å². The lowest BCUT2D eigenvalue weighted by Crippen LogP contribution is -2.12. The van der Waals surface area contributed by atoms with E-state index in [0.29, 0.717) is 24.4 Å². The quantitative estimate of drug-likeness (QED) is 0.369. The summed E-state index contributed by atoms with van der Waals surface area (Å²) >= 11 is 0. The van der Waals surface area contributed by atoms with Gasteiger partial charge in [-0.2, -0.15) is 5.10 Å². The summed E-state index contributed by atoms with van der Waals surface area (Å²) in [7, 11) is 0. The van der Waals surface area contributed by atoms with Crippen LogP contribution in [0.4, 0.5) is 5.69 Å². The highest BCUT2D eigenvalue weighted by atomic mass is 16.1. The predicted octanol–water partition coefficient (Wildman–Crippen LogP) is 5.52. The first-order valence-electron chi connectivity index (χ1n) is 11.6. The highest BCUT2D eigenvalue weighted by Crippen LogP contribution is 2.42. The van der Waals surface area contributed by atoms with E-state index >= 15 is 0 Å². The summed E-state index contributed by atoms with van der Waals surface area (Å²) in [6.45, 7) is 2.75. The van der Waals surface area contributed by atoms with Gasteiger partial charge in [0.1, 0.15) is 6.29 Å². The molecule has 1 aromatic heterocycles. The number of nitrogens with one attached hydrogen (secondary N) is 1. The van der Waals surface area contributed by atoms with E-state index in [9.17, 15) is 9.59 Å². The van der Waals surface area contributed by atoms with Gasteiger partial charge in [0.25, 0.3) is 5.91 Å². The number of aryl methyl sites for hydroxylation is 1. The van der Waals surface area contributed by atoms with E-state index in [4.69, 9.17) is 5.10 Å². The van der Waals surface area contributed by atoms with Crippen LogP contribution in [-0.2, 0) is 24.2 Å². The number of hydrogen-bond acceptors (Lipinski definition) is 3. The molecule has 5 nitrogen and oxygen atoms in total. The highest BCUT2D eigenvalue weighted by Gasteiger charge is 2.31. The van der Waals surface area contributed by atoms with Crippen molar-refractivity contribution in [1.29, 1.82) is 0 Å². The number of amides is 1. The second kappa shape index (κ2) is 9.02. The number of benzene rings is 3. The maximum atomic E-state index is 12.9. The molecule has 0 atom stereocenters. The van der Waals surface area contributed by atoms with E-state index in [1.807, 2.05) is 66.7 Å². The number of hydrogen-bond donors (Lipinski definition) is 1. The molecule has 0 saturated heterocycles. The molecule has 1 aliphatic rings. The second-order valence-electron chi connectivity index (χ2n) is 8.64. The van der Waals surface area contributed by atoms with Crippen LogP contribution in [0.3, 0.4) is 0 Å². The van der Waals surface area contributed by atoms with Crippen LogP contribution in [0.1, 0.15) is 58.6 Å². The zero-order valence-corrected chi connectivity index (χ0v) is 18.8. The minimum Gasteiger partial charge on any atom is -0.322 e. The summed E-state index contributed by atoms with van der Waals surface area (Å²) in [5, 5.41) is 9.84. The fourth-order valence-corrected chi connectivity index (χ4v) is 4.58. The Balaban J connectivity index is 1.34. The Morgan fingerprint density at radius 1 is 1.06 bits per heavy atom. The number of nitrogens with zero attached hydrogens (tertiary/aromatic N) is 2. The molecule has 0 spiro atoms. The van der Waals surface area contributed by atoms with Gasteiger partial charge in [-0.1, -0.05) is 55.5 Å². The summed E-state index contributed by atoms with van der Waals surface area (Å²) in [6.07, 6.45) is 4.59. The molecule has 0 aliphatic heterocycles. The van der Waals surface area contributed by atoms with E-state index in [2.05, 4.69) is 16.9 Å². The Hall–Kier alpha value is -3.73. The number of carbonyl (C=O) groups is 2. The van der Waals surface area contributed by atoms with Crippen molar-refractivity contribution in [3.05, 3.63) is 94.8 Å². The smallest absolute Gasteiger partial charge is 0.256 e. The van der Waals surface area contributed by atoms with Crippen molar-refractivity contribution in [3.8, 4) is 0 Å². The largest absolute Gasteiger partial charge is 0.322 e. The van der Waals surface area contributed by atoms with Gasteiger partial charge in [0, 0.05) is 34.8 Å². The molecular weight excluding hydrogens is 410 g/mol. The highest BCUT2D eigenvalue weighted by molar-refractivity contribution is 6.12. The molecule has 1 heterocycles. The maximum absolute atomic E-state index is 12.9. The number of aromatic nitrogens is 2. The fourth-order valence-electron chi connectivity index (χ4n) is 4.58. The summed E-state index contributed by atoms with van der Waals surface area (Å²) in [4.78, 5) is 24.1. The third-order valence-corrected chi connectivity index (χ3v) is 6.34. The molecule has 1 fully saturated rings. The normalized spacial score (nSPS) is 13.2. The van der Waals surface area contributed by atoms with Crippen LogP contribution in [0.25, 0.3) is 10.8 Å². The standard InChI is InChI=1S/C28H27N3O2/c1-2-26-25(16-17-32)27(21-12-13-21)31(30-26)18-19-10-14-22(15-11-19)29-28(33)24-9-5-7-20-6-3-4-8-23(20)24/h3-11,14-15,17,21H,2,12-13,16,18H2,1H3,(H,29,33). The second-order valence-corrected chi connectivity index (χ2v) is 8.64. The van der Waals surface area contributed by atoms with Crippen LogP contribution in [0.15, 0.2) is 66.7 Å². The van der Waals surface area contributed by atoms with Gasteiger partial charge in [-0.05, 0) is 53.8 Å². The van der Waals surface area contributed by atoms with Crippen LogP contribution >= 0.6 is 0 Å². The summed E-state index contributed by atoms with van der Waals surface area (Å²) in [6, 6.07) is 21.6. The Morgan fingerprint density at radius 3 is 2.55 bits per heavy atom. The molecule has 1 aliphatic carbocycles. The molecule has 0 unspecified atom stereocenters. The zero-order valence-electron chi connectivity index (χ0n) is 18.8. The van der Waals surface area contributed by atoms with Crippen molar-refractivity contribution < 1.29 is 9.59 Å². The average Bonchev–Trinajstić information content (AvgIpc) is 3.62. The molecule has 166 valence electrons. The molecule has 4 aromatic rings. The third kappa shape index (κ3) is 4.31. The number of fused-ring (bicyclic) bond motifs is 1. The Labute approximate surface area is 193 Å². The van der Waals surface area contributed by atoms with Crippen molar-refractivity contribution in [3.63, 3.8) is 0 Å². The van der Waals surface area contributed by atoms with Gasteiger partial charge in [0.15, 0.2) is 0 Å². The van der Waals surface area contributed by atoms with Gasteiger partial charge in [-0.3, -0.25) is 9.48 Å². The number of anilines is 1. The maximum Gasteiger partial charge on any atom is 0.256 e. The average molecular weight is 438 g/mol. The summed E-state index contributed by atoms with van der Waals surface area (Å²) < 4.78 is 2.08. The molecule has 5 heteroatoms. The van der Waals surface area contributed by atoms with Crippen LogP contribution in [0, 0.1) is 0 Å². The number of carbonyl (C=O) groups excluding carboxylic acids is 2. The fraction of sp³-hybridized carbons (Fsp3) is 0.250. The molecule has 0 radical (unpaired) electrons. The van der Waals surface area contributed by atoms with Crippen molar-refractivity contribution in [2.24, 2.45) is 0 Å². The van der Waals surface area contributed by atoms with Crippen molar-refractivity contribution in [2.75, 3.05) is 5.32 Å². The van der Waals surface area contributed by atoms with E-state index < -0.39 is 0 Å². The van der Waals surface area contributed by atoms with Crippen LogP contribution < -0.4 is 5.32 Å². The molecule has 1 N–H and O–H groups in total. The summed E-state index contributed by atoms with van der Waals surface area (Å²) in [5.41, 5.74) is 5.92. The molecule has 1 saturated carbocycles. The Kier molecular flexibility index (Phi) is 5.78. The third-order valence-electron chi connectivity index (χ3n) is 6.34. The minimum absolute atomic E-state index is 0.117. The number of rotatable bonds is 8. The van der Waals surface area contributed by atoms with Crippen molar-refractivity contribution >= 4 is 28.7 Å². The van der Waals surface area contributed by atoms with E-state index in [1.54, 1.807) is 0 Å². The molecule has 3 aromatic carbocycles. The first kappa shape index (κ1) is 21.1. The van der Waals surface area contributed by atoms with E-state index in [-0.39, 0.29) is 5.91 Å².